The first-order valence-electron chi connectivity index (χ1n) is 7.83. The highest BCUT2D eigenvalue weighted by Gasteiger charge is 2.38. The van der Waals surface area contributed by atoms with Crippen LogP contribution >= 0.6 is 24.8 Å². The number of aromatic nitrogens is 2. The third-order valence-corrected chi connectivity index (χ3v) is 4.46. The zero-order chi connectivity index (χ0) is 16.3. The number of benzene rings is 1. The molecule has 0 saturated carbocycles. The van der Waals surface area contributed by atoms with E-state index in [1.165, 1.54) is 12.1 Å². The van der Waals surface area contributed by atoms with Gasteiger partial charge in [-0.15, -0.1) is 24.8 Å². The van der Waals surface area contributed by atoms with Gasteiger partial charge >= 0.3 is 0 Å². The summed E-state index contributed by atoms with van der Waals surface area (Å²) in [6.07, 6.45) is 1.86. The normalized spacial score (nSPS) is 15.9. The number of nitrogens with two attached hydrogens (primary N) is 1. The molecule has 1 fully saturated rings. The molecule has 0 bridgehead atoms. The van der Waals surface area contributed by atoms with E-state index >= 15 is 0 Å². The van der Waals surface area contributed by atoms with Crippen molar-refractivity contribution < 1.29 is 13.9 Å². The zero-order valence-corrected chi connectivity index (χ0v) is 15.4. The summed E-state index contributed by atoms with van der Waals surface area (Å²) >= 11 is 0. The van der Waals surface area contributed by atoms with Gasteiger partial charge in [-0.05, 0) is 31.0 Å². The Hall–Kier alpha value is -1.41. The molecule has 0 radical (unpaired) electrons. The van der Waals surface area contributed by atoms with E-state index in [9.17, 15) is 9.18 Å². The molecule has 6 nitrogen and oxygen atoms in total. The first kappa shape index (κ1) is 21.6. The van der Waals surface area contributed by atoms with Crippen LogP contribution in [-0.2, 0) is 16.0 Å². The lowest BCUT2D eigenvalue weighted by Gasteiger charge is -2.34. The average molecular weight is 393 g/mol. The Kier molecular flexibility index (Phi) is 8.08. The number of amides is 1. The SMILES string of the molecule is Cl.Cl.NCC1(C(=O)NCCc2nc3ccc(F)cc3[nH]2)CCOCC1. The van der Waals surface area contributed by atoms with Gasteiger partial charge in [0.25, 0.3) is 0 Å². The number of aromatic amines is 1. The number of imidazole rings is 1. The monoisotopic (exact) mass is 392 g/mol. The van der Waals surface area contributed by atoms with E-state index in [2.05, 4.69) is 15.3 Å². The Morgan fingerprint density at radius 2 is 2.08 bits per heavy atom. The first-order valence-corrected chi connectivity index (χ1v) is 7.83. The van der Waals surface area contributed by atoms with Crippen molar-refractivity contribution in [1.82, 2.24) is 15.3 Å². The number of halogens is 3. The van der Waals surface area contributed by atoms with Crippen molar-refractivity contribution in [3.8, 4) is 0 Å². The minimum Gasteiger partial charge on any atom is -0.381 e. The van der Waals surface area contributed by atoms with Crippen LogP contribution in [-0.4, -0.2) is 42.2 Å². The Balaban J connectivity index is 0.00000156. The van der Waals surface area contributed by atoms with Crippen LogP contribution in [0.4, 0.5) is 4.39 Å². The molecule has 4 N–H and O–H groups in total. The van der Waals surface area contributed by atoms with Gasteiger partial charge in [0.2, 0.25) is 5.91 Å². The van der Waals surface area contributed by atoms with Crippen LogP contribution in [0, 0.1) is 11.2 Å². The van der Waals surface area contributed by atoms with Crippen LogP contribution in [0.5, 0.6) is 0 Å². The van der Waals surface area contributed by atoms with E-state index in [0.717, 1.165) is 11.3 Å². The van der Waals surface area contributed by atoms with Gasteiger partial charge in [0.05, 0.1) is 16.4 Å². The van der Waals surface area contributed by atoms with Crippen molar-refractivity contribution in [2.45, 2.75) is 19.3 Å². The quantitative estimate of drug-likeness (QED) is 0.724. The molecule has 140 valence electrons. The van der Waals surface area contributed by atoms with E-state index < -0.39 is 5.41 Å². The van der Waals surface area contributed by atoms with Crippen molar-refractivity contribution in [2.75, 3.05) is 26.3 Å². The standard InChI is InChI=1S/C16H21FN4O2.2ClH/c17-11-1-2-12-13(9-11)21-14(20-12)3-6-19-15(22)16(10-18)4-7-23-8-5-16;;/h1-2,9H,3-8,10,18H2,(H,19,22)(H,20,21);2*1H. The molecule has 1 aromatic heterocycles. The maximum absolute atomic E-state index is 13.2. The number of hydrogen-bond donors (Lipinski definition) is 3. The molecule has 0 atom stereocenters. The largest absolute Gasteiger partial charge is 0.381 e. The number of fused-ring (bicyclic) bond motifs is 1. The van der Waals surface area contributed by atoms with Crippen molar-refractivity contribution in [1.29, 1.82) is 0 Å². The van der Waals surface area contributed by atoms with Gasteiger partial charge in [-0.3, -0.25) is 4.79 Å². The second-order valence-corrected chi connectivity index (χ2v) is 5.95. The highest BCUT2D eigenvalue weighted by Crippen LogP contribution is 2.29. The molecular weight excluding hydrogens is 370 g/mol. The average Bonchev–Trinajstić information content (AvgIpc) is 2.97. The summed E-state index contributed by atoms with van der Waals surface area (Å²) in [5.41, 5.74) is 6.68. The molecule has 1 amide bonds. The lowest BCUT2D eigenvalue weighted by Crippen LogP contribution is -2.49. The number of carbonyl (C=O) groups is 1. The third kappa shape index (κ3) is 4.82. The molecule has 1 aromatic carbocycles. The van der Waals surface area contributed by atoms with Gasteiger partial charge in [-0.1, -0.05) is 0 Å². The van der Waals surface area contributed by atoms with Gasteiger partial charge in [0.1, 0.15) is 11.6 Å². The number of nitrogens with one attached hydrogen (secondary N) is 2. The molecule has 25 heavy (non-hydrogen) atoms. The second-order valence-electron chi connectivity index (χ2n) is 5.95. The number of rotatable bonds is 5. The van der Waals surface area contributed by atoms with Crippen LogP contribution < -0.4 is 11.1 Å². The lowest BCUT2D eigenvalue weighted by molar-refractivity contribution is -0.135. The highest BCUT2D eigenvalue weighted by atomic mass is 35.5. The summed E-state index contributed by atoms with van der Waals surface area (Å²) in [5, 5.41) is 2.94. The number of hydrogen-bond acceptors (Lipinski definition) is 4. The molecule has 0 unspecified atom stereocenters. The summed E-state index contributed by atoms with van der Waals surface area (Å²) in [4.78, 5) is 19.9. The molecule has 1 aliphatic rings. The third-order valence-electron chi connectivity index (χ3n) is 4.46. The molecule has 0 aliphatic carbocycles. The summed E-state index contributed by atoms with van der Waals surface area (Å²) < 4.78 is 18.5. The Morgan fingerprint density at radius 1 is 1.36 bits per heavy atom. The minimum atomic E-state index is -0.519. The van der Waals surface area contributed by atoms with Crippen molar-refractivity contribution >= 4 is 41.8 Å². The van der Waals surface area contributed by atoms with Crippen LogP contribution in [0.2, 0.25) is 0 Å². The van der Waals surface area contributed by atoms with Crippen LogP contribution in [0.25, 0.3) is 11.0 Å². The minimum absolute atomic E-state index is 0. The topological polar surface area (TPSA) is 93.0 Å². The molecule has 1 aliphatic heterocycles. The molecule has 0 spiro atoms. The number of carbonyl (C=O) groups excluding carboxylic acids is 1. The van der Waals surface area contributed by atoms with Crippen molar-refractivity contribution in [2.24, 2.45) is 11.1 Å². The van der Waals surface area contributed by atoms with E-state index in [1.807, 2.05) is 0 Å². The maximum Gasteiger partial charge on any atom is 0.227 e. The van der Waals surface area contributed by atoms with Gasteiger partial charge < -0.3 is 20.8 Å². The number of ether oxygens (including phenoxy) is 1. The van der Waals surface area contributed by atoms with Gasteiger partial charge in [-0.2, -0.15) is 0 Å². The van der Waals surface area contributed by atoms with E-state index in [4.69, 9.17) is 10.5 Å². The molecule has 2 heterocycles. The second kappa shape index (κ2) is 9.33. The molecule has 9 heteroatoms. The van der Waals surface area contributed by atoms with E-state index in [0.29, 0.717) is 51.1 Å². The first-order chi connectivity index (χ1) is 11.1. The lowest BCUT2D eigenvalue weighted by atomic mass is 9.79. The predicted octanol–water partition coefficient (Wildman–Crippen LogP) is 1.96. The van der Waals surface area contributed by atoms with Crippen molar-refractivity contribution in [3.05, 3.63) is 29.8 Å². The summed E-state index contributed by atoms with van der Waals surface area (Å²) in [6, 6.07) is 4.43. The predicted molar refractivity (Wildman–Crippen MR) is 98.8 cm³/mol. The fourth-order valence-corrected chi connectivity index (χ4v) is 2.92. The highest BCUT2D eigenvalue weighted by molar-refractivity contribution is 5.85. The Labute approximate surface area is 157 Å². The fraction of sp³-hybridized carbons (Fsp3) is 0.500. The number of nitrogens with zero attached hydrogens (tertiary/aromatic N) is 1. The van der Waals surface area contributed by atoms with Crippen LogP contribution in [0.15, 0.2) is 18.2 Å². The van der Waals surface area contributed by atoms with Gasteiger partial charge in [0, 0.05) is 32.7 Å². The summed E-state index contributed by atoms with van der Waals surface area (Å²) in [7, 11) is 0. The van der Waals surface area contributed by atoms with Crippen molar-refractivity contribution in [3.63, 3.8) is 0 Å². The maximum atomic E-state index is 13.2. The zero-order valence-electron chi connectivity index (χ0n) is 13.7. The van der Waals surface area contributed by atoms with Crippen LogP contribution in [0.1, 0.15) is 18.7 Å². The Morgan fingerprint density at radius 3 is 2.76 bits per heavy atom. The molecule has 2 aromatic rings. The molecule has 1 saturated heterocycles. The molecule has 3 rings (SSSR count). The Bertz CT molecular complexity index is 704. The van der Waals surface area contributed by atoms with Crippen LogP contribution in [0.3, 0.4) is 0 Å². The van der Waals surface area contributed by atoms with Gasteiger partial charge in [-0.25, -0.2) is 9.37 Å². The molecular formula is C16H23Cl2FN4O2. The van der Waals surface area contributed by atoms with E-state index in [1.54, 1.807) is 6.07 Å². The number of H-pyrrole nitrogens is 1. The summed E-state index contributed by atoms with van der Waals surface area (Å²) in [6.45, 7) is 1.93. The summed E-state index contributed by atoms with van der Waals surface area (Å²) in [5.74, 6) is 0.399. The van der Waals surface area contributed by atoms with Gasteiger partial charge in [0.15, 0.2) is 0 Å². The fourth-order valence-electron chi connectivity index (χ4n) is 2.92. The van der Waals surface area contributed by atoms with E-state index in [-0.39, 0.29) is 36.5 Å². The smallest absolute Gasteiger partial charge is 0.227 e.